The zero-order chi connectivity index (χ0) is 19.9. The van der Waals surface area contributed by atoms with E-state index in [0.29, 0.717) is 18.0 Å². The quantitative estimate of drug-likeness (QED) is 0.749. The second-order valence-electron chi connectivity index (χ2n) is 7.50. The van der Waals surface area contributed by atoms with Gasteiger partial charge in [0, 0.05) is 52.1 Å². The SMILES string of the molecule is COCCN1CCC[C@H](CN(C)C(=O)c2ccccc2-n2cc(CN)cn2)C1. The summed E-state index contributed by atoms with van der Waals surface area (Å²) >= 11 is 0. The van der Waals surface area contributed by atoms with Crippen molar-refractivity contribution in [2.45, 2.75) is 19.4 Å². The van der Waals surface area contributed by atoms with Gasteiger partial charge in [0.05, 0.1) is 24.1 Å². The Hall–Kier alpha value is -2.22. The fraction of sp³-hybridized carbons (Fsp3) is 0.524. The van der Waals surface area contributed by atoms with Crippen molar-refractivity contribution in [2.75, 3.05) is 46.9 Å². The lowest BCUT2D eigenvalue weighted by Crippen LogP contribution is -2.42. The summed E-state index contributed by atoms with van der Waals surface area (Å²) in [5, 5.41) is 4.36. The minimum absolute atomic E-state index is 0.0226. The predicted molar refractivity (Wildman–Crippen MR) is 109 cm³/mol. The molecule has 0 saturated carbocycles. The van der Waals surface area contributed by atoms with E-state index in [1.165, 1.54) is 6.42 Å². The molecule has 3 rings (SSSR count). The molecule has 2 heterocycles. The highest BCUT2D eigenvalue weighted by atomic mass is 16.5. The number of likely N-dealkylation sites (tertiary alicyclic amines) is 1. The first-order chi connectivity index (χ1) is 13.6. The van der Waals surface area contributed by atoms with Crippen molar-refractivity contribution in [3.63, 3.8) is 0 Å². The zero-order valence-electron chi connectivity index (χ0n) is 16.9. The van der Waals surface area contributed by atoms with E-state index >= 15 is 0 Å². The van der Waals surface area contributed by atoms with E-state index in [4.69, 9.17) is 10.5 Å². The van der Waals surface area contributed by atoms with Crippen LogP contribution in [0.2, 0.25) is 0 Å². The molecule has 0 unspecified atom stereocenters. The number of methoxy groups -OCH3 is 1. The molecule has 1 fully saturated rings. The van der Waals surface area contributed by atoms with Gasteiger partial charge in [0.2, 0.25) is 0 Å². The normalized spacial score (nSPS) is 17.6. The molecule has 2 aromatic rings. The minimum atomic E-state index is 0.0226. The number of carbonyl (C=O) groups is 1. The van der Waals surface area contributed by atoms with Crippen LogP contribution in [0.25, 0.3) is 5.69 Å². The molecule has 1 saturated heterocycles. The summed E-state index contributed by atoms with van der Waals surface area (Å²) in [5.74, 6) is 0.509. The molecule has 1 aliphatic heterocycles. The Morgan fingerprint density at radius 2 is 2.21 bits per heavy atom. The number of nitrogens with zero attached hydrogens (tertiary/aromatic N) is 4. The summed E-state index contributed by atoms with van der Waals surface area (Å²) in [6, 6.07) is 7.60. The van der Waals surface area contributed by atoms with E-state index in [-0.39, 0.29) is 5.91 Å². The van der Waals surface area contributed by atoms with Gasteiger partial charge in [-0.05, 0) is 37.4 Å². The van der Waals surface area contributed by atoms with Gasteiger partial charge in [0.1, 0.15) is 0 Å². The second-order valence-corrected chi connectivity index (χ2v) is 7.50. The number of rotatable bonds is 8. The molecule has 1 aliphatic rings. The van der Waals surface area contributed by atoms with Gasteiger partial charge in [0.25, 0.3) is 5.91 Å². The minimum Gasteiger partial charge on any atom is -0.383 e. The van der Waals surface area contributed by atoms with Crippen LogP contribution in [0.1, 0.15) is 28.8 Å². The topological polar surface area (TPSA) is 76.6 Å². The number of piperidine rings is 1. The Labute approximate surface area is 167 Å². The Morgan fingerprint density at radius 3 is 2.96 bits per heavy atom. The number of nitrogens with two attached hydrogens (primary N) is 1. The van der Waals surface area contributed by atoms with Crippen LogP contribution in [0, 0.1) is 5.92 Å². The van der Waals surface area contributed by atoms with Crippen molar-refractivity contribution in [2.24, 2.45) is 11.7 Å². The van der Waals surface area contributed by atoms with E-state index < -0.39 is 0 Å². The van der Waals surface area contributed by atoms with Crippen LogP contribution in [0.3, 0.4) is 0 Å². The smallest absolute Gasteiger partial charge is 0.255 e. The van der Waals surface area contributed by atoms with E-state index in [0.717, 1.165) is 50.5 Å². The van der Waals surface area contributed by atoms with Gasteiger partial charge in [-0.2, -0.15) is 5.10 Å². The Balaban J connectivity index is 1.68. The second kappa shape index (κ2) is 9.82. The van der Waals surface area contributed by atoms with E-state index in [1.54, 1.807) is 18.0 Å². The van der Waals surface area contributed by atoms with Crippen LogP contribution in [-0.2, 0) is 11.3 Å². The summed E-state index contributed by atoms with van der Waals surface area (Å²) < 4.78 is 6.93. The number of ether oxygens (including phenoxy) is 1. The van der Waals surface area contributed by atoms with Gasteiger partial charge < -0.3 is 20.3 Å². The van der Waals surface area contributed by atoms with Gasteiger partial charge >= 0.3 is 0 Å². The first-order valence-electron chi connectivity index (χ1n) is 9.92. The number of hydrogen-bond donors (Lipinski definition) is 1. The lowest BCUT2D eigenvalue weighted by atomic mass is 9.97. The number of benzene rings is 1. The number of para-hydroxylation sites is 1. The van der Waals surface area contributed by atoms with Crippen LogP contribution < -0.4 is 5.73 Å². The van der Waals surface area contributed by atoms with Crippen LogP contribution in [0.5, 0.6) is 0 Å². The van der Waals surface area contributed by atoms with Gasteiger partial charge in [-0.1, -0.05) is 12.1 Å². The average Bonchev–Trinajstić information content (AvgIpc) is 3.21. The molecule has 7 nitrogen and oxygen atoms in total. The van der Waals surface area contributed by atoms with Gasteiger partial charge in [-0.15, -0.1) is 0 Å². The van der Waals surface area contributed by atoms with Gasteiger partial charge in [-0.25, -0.2) is 4.68 Å². The third-order valence-corrected chi connectivity index (χ3v) is 5.35. The summed E-state index contributed by atoms with van der Waals surface area (Å²) in [4.78, 5) is 17.4. The number of amides is 1. The molecule has 1 amide bonds. The molecule has 28 heavy (non-hydrogen) atoms. The highest BCUT2D eigenvalue weighted by molar-refractivity contribution is 5.97. The molecule has 0 bridgehead atoms. The Bertz CT molecular complexity index is 776. The highest BCUT2D eigenvalue weighted by Crippen LogP contribution is 2.20. The fourth-order valence-electron chi connectivity index (χ4n) is 3.85. The maximum atomic E-state index is 13.2. The Morgan fingerprint density at radius 1 is 1.39 bits per heavy atom. The molecule has 2 N–H and O–H groups in total. The molecule has 7 heteroatoms. The molecule has 0 aliphatic carbocycles. The van der Waals surface area contributed by atoms with E-state index in [9.17, 15) is 4.79 Å². The van der Waals surface area contributed by atoms with Crippen molar-refractivity contribution in [1.82, 2.24) is 19.6 Å². The molecular weight excluding hydrogens is 354 g/mol. The third kappa shape index (κ3) is 4.98. The van der Waals surface area contributed by atoms with Crippen molar-refractivity contribution < 1.29 is 9.53 Å². The lowest BCUT2D eigenvalue weighted by molar-refractivity contribution is 0.0702. The first-order valence-corrected chi connectivity index (χ1v) is 9.92. The Kier molecular flexibility index (Phi) is 7.19. The largest absolute Gasteiger partial charge is 0.383 e. The number of hydrogen-bond acceptors (Lipinski definition) is 5. The van der Waals surface area contributed by atoms with Crippen LogP contribution in [0.15, 0.2) is 36.7 Å². The summed E-state index contributed by atoms with van der Waals surface area (Å²) in [6.07, 6.45) is 5.94. The monoisotopic (exact) mass is 385 g/mol. The molecule has 0 radical (unpaired) electrons. The summed E-state index contributed by atoms with van der Waals surface area (Å²) in [6.45, 7) is 5.02. The molecule has 152 valence electrons. The van der Waals surface area contributed by atoms with Gasteiger partial charge in [0.15, 0.2) is 0 Å². The van der Waals surface area contributed by atoms with E-state index in [1.807, 2.05) is 42.4 Å². The molecule has 1 atom stereocenters. The van der Waals surface area contributed by atoms with Crippen LogP contribution in [0.4, 0.5) is 0 Å². The highest BCUT2D eigenvalue weighted by Gasteiger charge is 2.24. The third-order valence-electron chi connectivity index (χ3n) is 5.35. The van der Waals surface area contributed by atoms with Crippen molar-refractivity contribution >= 4 is 5.91 Å². The van der Waals surface area contributed by atoms with Gasteiger partial charge in [-0.3, -0.25) is 4.79 Å². The molecule has 1 aromatic heterocycles. The molecule has 1 aromatic carbocycles. The predicted octanol–water partition coefficient (Wildman–Crippen LogP) is 1.76. The fourth-order valence-corrected chi connectivity index (χ4v) is 3.85. The molecule has 0 spiro atoms. The standard InChI is InChI=1S/C21H31N5O2/c1-24(14-17-6-5-9-25(15-17)10-11-28-2)21(27)19-7-3-4-8-20(19)26-16-18(12-22)13-23-26/h3-4,7-8,13,16-17H,5-6,9-12,14-15,22H2,1-2H3/t17-/m1/s1. The maximum Gasteiger partial charge on any atom is 0.255 e. The summed E-state index contributed by atoms with van der Waals surface area (Å²) in [7, 11) is 3.63. The molecular formula is C21H31N5O2. The van der Waals surface area contributed by atoms with Crippen LogP contribution in [-0.4, -0.2) is 72.4 Å². The average molecular weight is 386 g/mol. The van der Waals surface area contributed by atoms with E-state index in [2.05, 4.69) is 10.00 Å². The van der Waals surface area contributed by atoms with Crippen molar-refractivity contribution in [3.05, 3.63) is 47.8 Å². The number of aromatic nitrogens is 2. The number of carbonyl (C=O) groups excluding carboxylic acids is 1. The van der Waals surface area contributed by atoms with Crippen LogP contribution >= 0.6 is 0 Å². The summed E-state index contributed by atoms with van der Waals surface area (Å²) in [5.41, 5.74) is 8.07. The van der Waals surface area contributed by atoms with Crippen molar-refractivity contribution in [3.8, 4) is 5.69 Å². The van der Waals surface area contributed by atoms with Crippen molar-refractivity contribution in [1.29, 1.82) is 0 Å². The zero-order valence-corrected chi connectivity index (χ0v) is 16.9. The lowest BCUT2D eigenvalue weighted by Gasteiger charge is -2.34. The first kappa shape index (κ1) is 20.5. The maximum absolute atomic E-state index is 13.2.